The first-order valence-corrected chi connectivity index (χ1v) is 7.29. The van der Waals surface area contributed by atoms with Crippen LogP contribution in [-0.2, 0) is 0 Å². The summed E-state index contributed by atoms with van der Waals surface area (Å²) >= 11 is 0. The van der Waals surface area contributed by atoms with Crippen molar-refractivity contribution in [3.8, 4) is 0 Å². The van der Waals surface area contributed by atoms with E-state index in [4.69, 9.17) is 0 Å². The van der Waals surface area contributed by atoms with E-state index >= 15 is 0 Å². The van der Waals surface area contributed by atoms with Gasteiger partial charge in [-0.15, -0.1) is 0 Å². The molecule has 0 spiro atoms. The van der Waals surface area contributed by atoms with Crippen LogP contribution >= 0.6 is 0 Å². The topological polar surface area (TPSA) is 29.1 Å². The van der Waals surface area contributed by atoms with Crippen LogP contribution in [0.15, 0.2) is 54.6 Å². The average Bonchev–Trinajstić information content (AvgIpc) is 2.52. The molecule has 0 aliphatic heterocycles. The fourth-order valence-corrected chi connectivity index (χ4v) is 2.38. The Morgan fingerprint density at radius 1 is 1.10 bits per heavy atom. The lowest BCUT2D eigenvalue weighted by Gasteiger charge is -2.17. The second-order valence-corrected chi connectivity index (χ2v) is 5.11. The molecule has 110 valence electrons. The first-order chi connectivity index (χ1) is 10.2. The molecule has 0 saturated heterocycles. The van der Waals surface area contributed by atoms with Gasteiger partial charge in [-0.05, 0) is 36.2 Å². The molecule has 2 aromatic rings. The van der Waals surface area contributed by atoms with Gasteiger partial charge in [-0.2, -0.15) is 0 Å². The number of hydrogen-bond donors (Lipinski definition) is 1. The molecular weight excluding hydrogens is 265 g/mol. The summed E-state index contributed by atoms with van der Waals surface area (Å²) in [6.07, 6.45) is 2.08. The quantitative estimate of drug-likeness (QED) is 0.849. The number of hydrogen-bond acceptors (Lipinski definition) is 1. The van der Waals surface area contributed by atoms with E-state index in [-0.39, 0.29) is 11.7 Å². The Hall–Kier alpha value is -2.16. The zero-order chi connectivity index (χ0) is 15.1. The zero-order valence-electron chi connectivity index (χ0n) is 12.2. The van der Waals surface area contributed by atoms with Crippen LogP contribution in [0, 0.1) is 5.82 Å². The van der Waals surface area contributed by atoms with E-state index in [9.17, 15) is 9.18 Å². The van der Waals surface area contributed by atoms with Crippen LogP contribution in [-0.4, -0.2) is 12.5 Å². The Labute approximate surface area is 125 Å². The third-order valence-corrected chi connectivity index (χ3v) is 3.52. The van der Waals surface area contributed by atoms with Crippen molar-refractivity contribution in [3.63, 3.8) is 0 Å². The maximum atomic E-state index is 12.9. The Bertz CT molecular complexity index is 566. The van der Waals surface area contributed by atoms with E-state index in [0.29, 0.717) is 18.0 Å². The van der Waals surface area contributed by atoms with Gasteiger partial charge in [0.15, 0.2) is 0 Å². The first kappa shape index (κ1) is 15.2. The molecule has 2 rings (SSSR count). The molecule has 2 aromatic carbocycles. The smallest absolute Gasteiger partial charge is 0.251 e. The molecule has 1 unspecified atom stereocenters. The molecule has 0 bridgehead atoms. The lowest BCUT2D eigenvalue weighted by molar-refractivity contribution is 0.0950. The largest absolute Gasteiger partial charge is 0.351 e. The molecule has 0 fully saturated rings. The van der Waals surface area contributed by atoms with Crippen LogP contribution in [0.3, 0.4) is 0 Å². The van der Waals surface area contributed by atoms with Crippen molar-refractivity contribution < 1.29 is 9.18 Å². The predicted octanol–water partition coefficient (Wildman–Crippen LogP) is 4.14. The van der Waals surface area contributed by atoms with Crippen LogP contribution in [0.25, 0.3) is 0 Å². The van der Waals surface area contributed by atoms with E-state index in [1.807, 2.05) is 18.2 Å². The van der Waals surface area contributed by atoms with E-state index < -0.39 is 0 Å². The molecule has 1 N–H and O–H groups in total. The maximum absolute atomic E-state index is 12.9. The zero-order valence-corrected chi connectivity index (χ0v) is 12.2. The first-order valence-electron chi connectivity index (χ1n) is 7.29. The van der Waals surface area contributed by atoms with Crippen molar-refractivity contribution >= 4 is 5.91 Å². The van der Waals surface area contributed by atoms with Gasteiger partial charge >= 0.3 is 0 Å². The number of benzene rings is 2. The summed E-state index contributed by atoms with van der Waals surface area (Å²) in [6.45, 7) is 2.73. The van der Waals surface area contributed by atoms with Crippen molar-refractivity contribution in [3.05, 3.63) is 71.5 Å². The number of carbonyl (C=O) groups excluding carboxylic acids is 1. The second kappa shape index (κ2) is 7.58. The summed E-state index contributed by atoms with van der Waals surface area (Å²) in [6, 6.07) is 15.8. The van der Waals surface area contributed by atoms with Gasteiger partial charge in [0.1, 0.15) is 5.82 Å². The fourth-order valence-electron chi connectivity index (χ4n) is 2.38. The van der Waals surface area contributed by atoms with Crippen LogP contribution in [0.1, 0.15) is 41.6 Å². The molecule has 0 aromatic heterocycles. The van der Waals surface area contributed by atoms with Gasteiger partial charge < -0.3 is 5.32 Å². The lowest BCUT2D eigenvalue weighted by Crippen LogP contribution is -2.28. The molecule has 0 aliphatic rings. The number of nitrogens with one attached hydrogen (secondary N) is 1. The van der Waals surface area contributed by atoms with Crippen molar-refractivity contribution in [2.24, 2.45) is 0 Å². The van der Waals surface area contributed by atoms with Crippen LogP contribution in [0.5, 0.6) is 0 Å². The molecule has 1 amide bonds. The Balaban J connectivity index is 1.98. The van der Waals surface area contributed by atoms with Gasteiger partial charge in [-0.1, -0.05) is 43.7 Å². The Morgan fingerprint density at radius 3 is 2.38 bits per heavy atom. The average molecular weight is 285 g/mol. The van der Waals surface area contributed by atoms with Crippen molar-refractivity contribution in [1.29, 1.82) is 0 Å². The van der Waals surface area contributed by atoms with Crippen molar-refractivity contribution in [1.82, 2.24) is 5.32 Å². The Kier molecular flexibility index (Phi) is 5.50. The third-order valence-electron chi connectivity index (χ3n) is 3.52. The SMILES string of the molecule is CCCC(CNC(=O)c1ccc(F)cc1)c1ccccc1. The highest BCUT2D eigenvalue weighted by Gasteiger charge is 2.12. The van der Waals surface area contributed by atoms with Crippen molar-refractivity contribution in [2.75, 3.05) is 6.54 Å². The maximum Gasteiger partial charge on any atom is 0.251 e. The molecule has 0 saturated carbocycles. The molecule has 2 nitrogen and oxygen atoms in total. The van der Waals surface area contributed by atoms with Gasteiger partial charge in [-0.3, -0.25) is 4.79 Å². The number of rotatable bonds is 6. The molecule has 1 atom stereocenters. The number of carbonyl (C=O) groups is 1. The minimum absolute atomic E-state index is 0.160. The van der Waals surface area contributed by atoms with Crippen LogP contribution < -0.4 is 5.32 Å². The molecular formula is C18H20FNO. The summed E-state index contributed by atoms with van der Waals surface area (Å²) < 4.78 is 12.9. The van der Waals surface area contributed by atoms with Crippen LogP contribution in [0.2, 0.25) is 0 Å². The standard InChI is InChI=1S/C18H20FNO/c1-2-6-16(14-7-4-3-5-8-14)13-20-18(21)15-9-11-17(19)12-10-15/h3-5,7-12,16H,2,6,13H2,1H3,(H,20,21). The summed E-state index contributed by atoms with van der Waals surface area (Å²) in [4.78, 5) is 12.1. The highest BCUT2D eigenvalue weighted by atomic mass is 19.1. The summed E-state index contributed by atoms with van der Waals surface area (Å²) in [5, 5.41) is 2.94. The van der Waals surface area contributed by atoms with E-state index in [1.54, 1.807) is 0 Å². The number of halogens is 1. The van der Waals surface area contributed by atoms with Crippen LogP contribution in [0.4, 0.5) is 4.39 Å². The fraction of sp³-hybridized carbons (Fsp3) is 0.278. The van der Waals surface area contributed by atoms with E-state index in [1.165, 1.54) is 29.8 Å². The predicted molar refractivity (Wildman–Crippen MR) is 82.8 cm³/mol. The summed E-state index contributed by atoms with van der Waals surface area (Å²) in [7, 11) is 0. The minimum atomic E-state index is -0.334. The van der Waals surface area contributed by atoms with Gasteiger partial charge in [-0.25, -0.2) is 4.39 Å². The minimum Gasteiger partial charge on any atom is -0.351 e. The molecule has 0 heterocycles. The highest BCUT2D eigenvalue weighted by Crippen LogP contribution is 2.20. The molecule has 3 heteroatoms. The van der Waals surface area contributed by atoms with Gasteiger partial charge in [0.2, 0.25) is 0 Å². The number of amides is 1. The van der Waals surface area contributed by atoms with Gasteiger partial charge in [0, 0.05) is 18.0 Å². The third kappa shape index (κ3) is 4.42. The van der Waals surface area contributed by atoms with E-state index in [2.05, 4.69) is 24.4 Å². The second-order valence-electron chi connectivity index (χ2n) is 5.11. The molecule has 21 heavy (non-hydrogen) atoms. The lowest BCUT2D eigenvalue weighted by atomic mass is 9.94. The summed E-state index contributed by atoms with van der Waals surface area (Å²) in [5.41, 5.74) is 1.72. The molecule has 0 radical (unpaired) electrons. The summed E-state index contributed by atoms with van der Waals surface area (Å²) in [5.74, 6) is -0.188. The molecule has 0 aliphatic carbocycles. The highest BCUT2D eigenvalue weighted by molar-refractivity contribution is 5.94. The Morgan fingerprint density at radius 2 is 1.76 bits per heavy atom. The van der Waals surface area contributed by atoms with E-state index in [0.717, 1.165) is 12.8 Å². The monoisotopic (exact) mass is 285 g/mol. The van der Waals surface area contributed by atoms with Gasteiger partial charge in [0.05, 0.1) is 0 Å². The van der Waals surface area contributed by atoms with Crippen molar-refractivity contribution in [2.45, 2.75) is 25.7 Å². The normalized spacial score (nSPS) is 11.9. The van der Waals surface area contributed by atoms with Gasteiger partial charge in [0.25, 0.3) is 5.91 Å².